The first-order valence-corrected chi connectivity index (χ1v) is 25.5. The number of aliphatic carboxylic acids is 3. The van der Waals surface area contributed by atoms with Crippen molar-refractivity contribution in [3.05, 3.63) is 71.0 Å². The van der Waals surface area contributed by atoms with Gasteiger partial charge in [-0.1, -0.05) is 136 Å². The number of carbonyl (C=O) groups is 3. The Balaban J connectivity index is 0.000000923. The van der Waals surface area contributed by atoms with Gasteiger partial charge in [-0.3, -0.25) is 14.4 Å². The average molecular weight is 1020 g/mol. The number of hydrogen-bond acceptors (Lipinski definition) is 6. The Morgan fingerprint density at radius 2 is 0.484 bits per heavy atom. The number of carboxylic acids is 3. The van der Waals surface area contributed by atoms with Crippen molar-refractivity contribution in [2.45, 2.75) is 252 Å². The van der Waals surface area contributed by atoms with Crippen molar-refractivity contribution >= 4 is 17.9 Å². The van der Waals surface area contributed by atoms with Gasteiger partial charge in [-0.15, -0.1) is 0 Å². The fourth-order valence-electron chi connectivity index (χ4n) is 7.57. The van der Waals surface area contributed by atoms with Crippen LogP contribution in [0.15, 0.2) is 49.6 Å². The summed E-state index contributed by atoms with van der Waals surface area (Å²) >= 11 is 0. The quantitative estimate of drug-likeness (QED) is 0.0474. The Morgan fingerprint density at radius 3 is 0.672 bits per heavy atom. The van der Waals surface area contributed by atoms with Gasteiger partial charge in [0.15, 0.2) is 0 Å². The third-order valence-corrected chi connectivity index (χ3v) is 11.4. The molecule has 10 heteroatoms. The number of rotatable bonds is 39. The summed E-state index contributed by atoms with van der Waals surface area (Å²) in [5.74, 6) is 4.71. The number of carboxylic acid groups (broad SMARTS) is 3. The smallest absolute Gasteiger partial charge is 0.303 e. The van der Waals surface area contributed by atoms with Gasteiger partial charge in [-0.2, -0.15) is 0 Å². The van der Waals surface area contributed by atoms with Crippen LogP contribution in [0.3, 0.4) is 0 Å². The summed E-state index contributed by atoms with van der Waals surface area (Å²) in [5, 5.41) is 25.6. The van der Waals surface area contributed by atoms with Crippen LogP contribution in [0.5, 0.6) is 0 Å². The molecule has 0 spiro atoms. The Hall–Kier alpha value is -2.56. The van der Waals surface area contributed by atoms with Gasteiger partial charge in [-0.05, 0) is 94.2 Å². The summed E-state index contributed by atoms with van der Waals surface area (Å²) in [7, 11) is 0. The molecule has 3 aromatic rings. The van der Waals surface area contributed by atoms with Crippen molar-refractivity contribution in [3.8, 4) is 0 Å². The van der Waals surface area contributed by atoms with Crippen molar-refractivity contribution in [1.82, 2.24) is 0 Å². The molecule has 0 aliphatic heterocycles. The molecule has 3 aromatic heterocycles. The molecular weight excluding hydrogens is 931 g/mol. The van der Waals surface area contributed by atoms with Gasteiger partial charge in [-0.25, -0.2) is 0 Å². The van der Waals surface area contributed by atoms with Crippen LogP contribution in [-0.4, -0.2) is 33.2 Å². The van der Waals surface area contributed by atoms with Crippen LogP contribution in [0.4, 0.5) is 0 Å². The molecule has 0 saturated heterocycles. The van der Waals surface area contributed by atoms with Crippen LogP contribution in [0.2, 0.25) is 0 Å². The van der Waals surface area contributed by atoms with E-state index in [0.717, 1.165) is 131 Å². The maximum Gasteiger partial charge on any atom is 0.303 e. The zero-order chi connectivity index (χ0) is 46.0. The van der Waals surface area contributed by atoms with E-state index in [-0.39, 0.29) is 35.6 Å². The Labute approximate surface area is 416 Å². The maximum absolute atomic E-state index is 10.4. The molecule has 3 N–H and O–H groups in total. The summed E-state index contributed by atoms with van der Waals surface area (Å²) in [5.41, 5.74) is 0. The van der Waals surface area contributed by atoms with Gasteiger partial charge in [0, 0.05) is 93.4 Å². The van der Waals surface area contributed by atoms with E-state index in [1.165, 1.54) is 116 Å². The van der Waals surface area contributed by atoms with Crippen LogP contribution < -0.4 is 0 Å². The third-order valence-electron chi connectivity index (χ3n) is 11.4. The molecule has 0 aromatic carbocycles. The maximum atomic E-state index is 10.4. The van der Waals surface area contributed by atoms with Crippen LogP contribution in [0, 0.1) is 35.6 Å². The molecule has 0 saturated carbocycles. The predicted molar refractivity (Wildman–Crippen MR) is 257 cm³/mol. The standard InChI is InChI=1S/3C18H30O3.La/c3*1-2-3-8-11-16-14-15-17(21-16)12-9-6-4-5-7-10-13-18(19)20;/h3*14-15H,2-13H2,1H3,(H,19,20);. The van der Waals surface area contributed by atoms with Crippen molar-refractivity contribution in [3.63, 3.8) is 0 Å². The summed E-state index contributed by atoms with van der Waals surface area (Å²) in [6.45, 7) is 6.65. The minimum absolute atomic E-state index is 0. The van der Waals surface area contributed by atoms with Gasteiger partial charge in [0.1, 0.15) is 34.6 Å². The topological polar surface area (TPSA) is 151 Å². The molecule has 0 fully saturated rings. The van der Waals surface area contributed by atoms with Gasteiger partial charge in [0.2, 0.25) is 0 Å². The first kappa shape index (κ1) is 61.4. The molecule has 0 aliphatic carbocycles. The minimum Gasteiger partial charge on any atom is -0.481 e. The molecule has 0 aliphatic rings. The van der Waals surface area contributed by atoms with Gasteiger partial charge in [0.05, 0.1) is 0 Å². The van der Waals surface area contributed by atoms with Crippen molar-refractivity contribution in [2.24, 2.45) is 0 Å². The summed E-state index contributed by atoms with van der Waals surface area (Å²) in [6, 6.07) is 12.7. The van der Waals surface area contributed by atoms with Crippen molar-refractivity contribution in [2.75, 3.05) is 0 Å². The van der Waals surface area contributed by atoms with E-state index in [4.69, 9.17) is 28.6 Å². The fourth-order valence-corrected chi connectivity index (χ4v) is 7.57. The zero-order valence-electron chi connectivity index (χ0n) is 40.8. The molecule has 363 valence electrons. The van der Waals surface area contributed by atoms with E-state index < -0.39 is 17.9 Å². The second-order valence-corrected chi connectivity index (χ2v) is 17.5. The summed E-state index contributed by atoms with van der Waals surface area (Å²) < 4.78 is 17.5. The van der Waals surface area contributed by atoms with Gasteiger partial charge >= 0.3 is 17.9 Å². The number of hydrogen-bond donors (Lipinski definition) is 3. The summed E-state index contributed by atoms with van der Waals surface area (Å²) in [4.78, 5) is 31.1. The van der Waals surface area contributed by atoms with Crippen LogP contribution in [-0.2, 0) is 52.9 Å². The molecule has 1 radical (unpaired) electrons. The Bertz CT molecular complexity index is 1330. The zero-order valence-corrected chi connectivity index (χ0v) is 44.4. The van der Waals surface area contributed by atoms with Gasteiger partial charge < -0.3 is 28.6 Å². The summed E-state index contributed by atoms with van der Waals surface area (Å²) in [6.07, 6.45) is 38.2. The van der Waals surface area contributed by atoms with Crippen molar-refractivity contribution < 1.29 is 78.6 Å². The third kappa shape index (κ3) is 38.7. The molecule has 0 unspecified atom stereocenters. The SMILES string of the molecule is CCCCCc1ccc(CCCCCCCCC(=O)O)o1.CCCCCc1ccc(CCCCCCCCC(=O)O)o1.CCCCCc1ccc(CCCCCCCCC(=O)O)o1.[La]. The number of unbranched alkanes of at least 4 members (excludes halogenated alkanes) is 21. The molecule has 0 amide bonds. The molecule has 0 bridgehead atoms. The molecule has 3 heterocycles. The molecule has 64 heavy (non-hydrogen) atoms. The van der Waals surface area contributed by atoms with Gasteiger partial charge in [0.25, 0.3) is 0 Å². The monoisotopic (exact) mass is 1020 g/mol. The molecule has 0 atom stereocenters. The van der Waals surface area contributed by atoms with E-state index in [1.807, 2.05) is 0 Å². The average Bonchev–Trinajstić information content (AvgIpc) is 4.03. The molecular formula is C54H90LaO9. The normalized spacial score (nSPS) is 10.7. The van der Waals surface area contributed by atoms with Crippen LogP contribution in [0.25, 0.3) is 0 Å². The largest absolute Gasteiger partial charge is 0.481 e. The fraction of sp³-hybridized carbons (Fsp3) is 0.722. The van der Waals surface area contributed by atoms with E-state index in [0.29, 0.717) is 19.3 Å². The first-order chi connectivity index (χ1) is 30.7. The van der Waals surface area contributed by atoms with E-state index in [2.05, 4.69) is 57.2 Å². The molecule has 3 rings (SSSR count). The van der Waals surface area contributed by atoms with Crippen LogP contribution >= 0.6 is 0 Å². The Kier molecular flexibility index (Phi) is 42.5. The first-order valence-electron chi connectivity index (χ1n) is 25.5. The van der Waals surface area contributed by atoms with E-state index in [1.54, 1.807) is 0 Å². The van der Waals surface area contributed by atoms with E-state index >= 15 is 0 Å². The van der Waals surface area contributed by atoms with E-state index in [9.17, 15) is 14.4 Å². The minimum atomic E-state index is -0.678. The number of aryl methyl sites for hydroxylation is 6. The second kappa shape index (κ2) is 44.3. The predicted octanol–water partition coefficient (Wildman–Crippen LogP) is 16.1. The van der Waals surface area contributed by atoms with Crippen molar-refractivity contribution in [1.29, 1.82) is 0 Å². The number of furan rings is 3. The Morgan fingerprint density at radius 1 is 0.312 bits per heavy atom. The molecule has 9 nitrogen and oxygen atoms in total. The van der Waals surface area contributed by atoms with Crippen LogP contribution in [0.1, 0.15) is 248 Å². The second-order valence-electron chi connectivity index (χ2n) is 17.5.